The normalized spacial score (nSPS) is 23.5. The SMILES string of the molecule is C=CCN1C(=O)c2ccc(C(=O)OCC(=O)N[C@@H]3CCC[C@H](C)[C@H]3C)cc2C1=O. The van der Waals surface area contributed by atoms with E-state index in [-0.39, 0.29) is 41.8 Å². The van der Waals surface area contributed by atoms with Crippen molar-refractivity contribution in [1.29, 1.82) is 0 Å². The van der Waals surface area contributed by atoms with Gasteiger partial charge in [-0.1, -0.05) is 32.8 Å². The molecular formula is C22H26N2O5. The second-order valence-electron chi connectivity index (χ2n) is 7.79. The predicted octanol–water partition coefficient (Wildman–Crippen LogP) is 2.57. The molecule has 1 aromatic rings. The molecule has 3 rings (SSSR count). The third-order valence-corrected chi connectivity index (χ3v) is 5.91. The standard InChI is InChI=1S/C22H26N2O5/c1-4-10-24-20(26)16-9-8-15(11-17(16)21(24)27)22(28)29-12-19(25)23-18-7-5-6-13(2)14(18)3/h4,8-9,11,13-14,18H,1,5-7,10,12H2,2-3H3,(H,23,25)/t13-,14+,18+/m0/s1. The Morgan fingerprint density at radius 3 is 2.66 bits per heavy atom. The van der Waals surface area contributed by atoms with Crippen LogP contribution in [0, 0.1) is 11.8 Å². The molecule has 3 atom stereocenters. The van der Waals surface area contributed by atoms with Crippen LogP contribution in [-0.2, 0) is 9.53 Å². The molecule has 1 heterocycles. The lowest BCUT2D eigenvalue weighted by molar-refractivity contribution is -0.125. The average Bonchev–Trinajstić information content (AvgIpc) is 2.94. The number of ether oxygens (including phenoxy) is 1. The molecule has 1 aliphatic heterocycles. The van der Waals surface area contributed by atoms with Gasteiger partial charge in [0.25, 0.3) is 17.7 Å². The second kappa shape index (κ2) is 8.59. The number of rotatable bonds is 6. The summed E-state index contributed by atoms with van der Waals surface area (Å²) in [5.74, 6) is -1.02. The number of nitrogens with zero attached hydrogens (tertiary/aromatic N) is 1. The molecule has 1 fully saturated rings. The quantitative estimate of drug-likeness (QED) is 0.452. The van der Waals surface area contributed by atoms with Crippen LogP contribution in [0.5, 0.6) is 0 Å². The van der Waals surface area contributed by atoms with Gasteiger partial charge in [-0.2, -0.15) is 0 Å². The summed E-state index contributed by atoms with van der Waals surface area (Å²) in [6, 6.07) is 4.28. The number of esters is 1. The Bertz CT molecular complexity index is 863. The van der Waals surface area contributed by atoms with Crippen LogP contribution in [0.2, 0.25) is 0 Å². The van der Waals surface area contributed by atoms with Crippen molar-refractivity contribution in [2.45, 2.75) is 39.2 Å². The van der Waals surface area contributed by atoms with E-state index in [0.717, 1.165) is 24.2 Å². The number of fused-ring (bicyclic) bond motifs is 1. The summed E-state index contributed by atoms with van der Waals surface area (Å²) in [6.45, 7) is 7.55. The molecular weight excluding hydrogens is 372 g/mol. The van der Waals surface area contributed by atoms with E-state index in [0.29, 0.717) is 11.8 Å². The van der Waals surface area contributed by atoms with Gasteiger partial charge in [0.2, 0.25) is 0 Å². The molecule has 2 aliphatic rings. The summed E-state index contributed by atoms with van der Waals surface area (Å²) in [6.07, 6.45) is 4.62. The number of carbonyl (C=O) groups is 4. The zero-order chi connectivity index (χ0) is 21.1. The largest absolute Gasteiger partial charge is 0.452 e. The summed E-state index contributed by atoms with van der Waals surface area (Å²) in [4.78, 5) is 50.2. The molecule has 3 amide bonds. The zero-order valence-corrected chi connectivity index (χ0v) is 16.8. The van der Waals surface area contributed by atoms with Crippen molar-refractivity contribution < 1.29 is 23.9 Å². The van der Waals surface area contributed by atoms with Crippen LogP contribution < -0.4 is 5.32 Å². The maximum atomic E-state index is 12.4. The molecule has 7 nitrogen and oxygen atoms in total. The minimum absolute atomic E-state index is 0.0874. The van der Waals surface area contributed by atoms with E-state index in [9.17, 15) is 19.2 Å². The summed E-state index contributed by atoms with van der Waals surface area (Å²) >= 11 is 0. The molecule has 1 aliphatic carbocycles. The monoisotopic (exact) mass is 398 g/mol. The van der Waals surface area contributed by atoms with E-state index < -0.39 is 17.8 Å². The second-order valence-corrected chi connectivity index (χ2v) is 7.79. The van der Waals surface area contributed by atoms with Gasteiger partial charge in [-0.25, -0.2) is 4.79 Å². The lowest BCUT2D eigenvalue weighted by Gasteiger charge is -2.34. The van der Waals surface area contributed by atoms with Crippen molar-refractivity contribution in [2.75, 3.05) is 13.2 Å². The minimum atomic E-state index is -0.713. The predicted molar refractivity (Wildman–Crippen MR) is 106 cm³/mol. The van der Waals surface area contributed by atoms with E-state index in [1.807, 2.05) is 0 Å². The topological polar surface area (TPSA) is 92.8 Å². The lowest BCUT2D eigenvalue weighted by atomic mass is 9.78. The third kappa shape index (κ3) is 4.23. The molecule has 0 unspecified atom stereocenters. The number of carbonyl (C=O) groups excluding carboxylic acids is 4. The van der Waals surface area contributed by atoms with Gasteiger partial charge in [0, 0.05) is 12.6 Å². The number of benzene rings is 1. The van der Waals surface area contributed by atoms with Crippen LogP contribution in [0.3, 0.4) is 0 Å². The summed E-state index contributed by atoms with van der Waals surface area (Å²) in [5, 5.41) is 2.95. The van der Waals surface area contributed by atoms with Crippen LogP contribution >= 0.6 is 0 Å². The molecule has 0 spiro atoms. The first-order valence-corrected chi connectivity index (χ1v) is 9.91. The molecule has 0 bridgehead atoms. The van der Waals surface area contributed by atoms with Gasteiger partial charge in [0.15, 0.2) is 6.61 Å². The van der Waals surface area contributed by atoms with Crippen molar-refractivity contribution >= 4 is 23.7 Å². The van der Waals surface area contributed by atoms with Crippen LogP contribution in [0.4, 0.5) is 0 Å². The number of imide groups is 1. The molecule has 1 aromatic carbocycles. The Hall–Kier alpha value is -2.96. The zero-order valence-electron chi connectivity index (χ0n) is 16.8. The third-order valence-electron chi connectivity index (χ3n) is 5.91. The molecule has 7 heteroatoms. The van der Waals surface area contributed by atoms with Crippen molar-refractivity contribution in [3.63, 3.8) is 0 Å². The van der Waals surface area contributed by atoms with E-state index in [1.54, 1.807) is 0 Å². The fourth-order valence-corrected chi connectivity index (χ4v) is 3.96. The first kappa shape index (κ1) is 20.8. The van der Waals surface area contributed by atoms with Gasteiger partial charge in [0.1, 0.15) is 0 Å². The van der Waals surface area contributed by atoms with Gasteiger partial charge in [0.05, 0.1) is 16.7 Å². The van der Waals surface area contributed by atoms with Gasteiger partial charge in [-0.15, -0.1) is 6.58 Å². The van der Waals surface area contributed by atoms with Crippen molar-refractivity contribution in [2.24, 2.45) is 11.8 Å². The van der Waals surface area contributed by atoms with E-state index in [4.69, 9.17) is 4.74 Å². The van der Waals surface area contributed by atoms with Gasteiger partial charge >= 0.3 is 5.97 Å². The summed E-state index contributed by atoms with van der Waals surface area (Å²) in [7, 11) is 0. The smallest absolute Gasteiger partial charge is 0.338 e. The first-order valence-electron chi connectivity index (χ1n) is 9.91. The minimum Gasteiger partial charge on any atom is -0.452 e. The highest BCUT2D eigenvalue weighted by Crippen LogP contribution is 2.29. The lowest BCUT2D eigenvalue weighted by Crippen LogP contribution is -2.45. The van der Waals surface area contributed by atoms with Crippen molar-refractivity contribution in [3.8, 4) is 0 Å². The van der Waals surface area contributed by atoms with E-state index in [2.05, 4.69) is 25.7 Å². The van der Waals surface area contributed by atoms with Gasteiger partial charge < -0.3 is 10.1 Å². The fraction of sp³-hybridized carbons (Fsp3) is 0.455. The highest BCUT2D eigenvalue weighted by Gasteiger charge is 2.35. The maximum Gasteiger partial charge on any atom is 0.338 e. The summed E-state index contributed by atoms with van der Waals surface area (Å²) in [5.41, 5.74) is 0.519. The molecule has 0 radical (unpaired) electrons. The molecule has 0 aromatic heterocycles. The number of nitrogens with one attached hydrogen (secondary N) is 1. The molecule has 29 heavy (non-hydrogen) atoms. The number of amides is 3. The van der Waals surface area contributed by atoms with Crippen molar-refractivity contribution in [3.05, 3.63) is 47.5 Å². The van der Waals surface area contributed by atoms with E-state index >= 15 is 0 Å². The number of hydrogen-bond donors (Lipinski definition) is 1. The van der Waals surface area contributed by atoms with Crippen LogP contribution in [-0.4, -0.2) is 47.8 Å². The Morgan fingerprint density at radius 1 is 1.21 bits per heavy atom. The van der Waals surface area contributed by atoms with Crippen LogP contribution in [0.25, 0.3) is 0 Å². The maximum absolute atomic E-state index is 12.4. The van der Waals surface area contributed by atoms with Crippen LogP contribution in [0.1, 0.15) is 64.2 Å². The van der Waals surface area contributed by atoms with Crippen molar-refractivity contribution in [1.82, 2.24) is 10.2 Å². The average molecular weight is 398 g/mol. The summed E-state index contributed by atoms with van der Waals surface area (Å²) < 4.78 is 5.11. The van der Waals surface area contributed by atoms with Crippen LogP contribution in [0.15, 0.2) is 30.9 Å². The van der Waals surface area contributed by atoms with E-state index in [1.165, 1.54) is 24.3 Å². The Balaban J connectivity index is 1.59. The fourth-order valence-electron chi connectivity index (χ4n) is 3.96. The molecule has 1 saturated carbocycles. The Morgan fingerprint density at radius 2 is 1.93 bits per heavy atom. The number of hydrogen-bond acceptors (Lipinski definition) is 5. The van der Waals surface area contributed by atoms with Gasteiger partial charge in [-0.3, -0.25) is 19.3 Å². The molecule has 1 N–H and O–H groups in total. The highest BCUT2D eigenvalue weighted by molar-refractivity contribution is 6.22. The Kier molecular flexibility index (Phi) is 6.15. The molecule has 0 saturated heterocycles. The molecule has 154 valence electrons. The Labute approximate surface area is 170 Å². The highest BCUT2D eigenvalue weighted by atomic mass is 16.5. The van der Waals surface area contributed by atoms with Gasteiger partial charge in [-0.05, 0) is 36.5 Å². The first-order chi connectivity index (χ1) is 13.8.